The predicted molar refractivity (Wildman–Crippen MR) is 121 cm³/mol. The van der Waals surface area contributed by atoms with Crippen molar-refractivity contribution in [3.8, 4) is 5.75 Å². The Hall–Kier alpha value is -3.23. The number of aromatic nitrogens is 1. The van der Waals surface area contributed by atoms with Crippen LogP contribution in [0.25, 0.3) is 10.9 Å². The molecule has 1 atom stereocenters. The molecule has 168 valence electrons. The van der Waals surface area contributed by atoms with Crippen LogP contribution in [-0.4, -0.2) is 42.8 Å². The number of carbonyl (C=O) groups excluding carboxylic acids is 2. The number of amides is 4. The van der Waals surface area contributed by atoms with Gasteiger partial charge in [0.05, 0.1) is 18.3 Å². The molecule has 1 aromatic heterocycles. The number of hydrogen-bond acceptors (Lipinski definition) is 5. The number of nitrogens with one attached hydrogen (secondary N) is 5. The summed E-state index contributed by atoms with van der Waals surface area (Å²) in [6.07, 6.45) is 7.66. The molecule has 0 aliphatic heterocycles. The van der Waals surface area contributed by atoms with Gasteiger partial charge in [0.25, 0.3) is 0 Å². The van der Waals surface area contributed by atoms with Crippen molar-refractivity contribution in [3.63, 3.8) is 0 Å². The normalized spacial score (nSPS) is 14.6. The Bertz CT molecular complexity index is 885. The topological polar surface area (TPSA) is 116 Å². The summed E-state index contributed by atoms with van der Waals surface area (Å²) < 4.78 is 5.39. The van der Waals surface area contributed by atoms with E-state index in [0.717, 1.165) is 60.9 Å². The van der Waals surface area contributed by atoms with E-state index in [1.165, 1.54) is 0 Å². The first-order chi connectivity index (χ1) is 15.0. The van der Waals surface area contributed by atoms with Gasteiger partial charge in [-0.25, -0.2) is 20.4 Å². The lowest BCUT2D eigenvalue weighted by Gasteiger charge is -2.18. The fourth-order valence-corrected chi connectivity index (χ4v) is 3.79. The van der Waals surface area contributed by atoms with Gasteiger partial charge in [-0.2, -0.15) is 0 Å². The predicted octanol–water partition coefficient (Wildman–Crippen LogP) is 3.28. The number of benzene rings is 1. The zero-order valence-corrected chi connectivity index (χ0v) is 18.2. The SMILES string of the molecule is COc1cc(NC(C)CCCNC(=O)NNC(=O)NC2CCCC2)c2ncccc2c1. The molecule has 1 unspecified atom stereocenters. The Labute approximate surface area is 182 Å². The Morgan fingerprint density at radius 1 is 1.19 bits per heavy atom. The first-order valence-electron chi connectivity index (χ1n) is 10.8. The van der Waals surface area contributed by atoms with Gasteiger partial charge in [0.2, 0.25) is 0 Å². The highest BCUT2D eigenvalue weighted by Crippen LogP contribution is 2.28. The van der Waals surface area contributed by atoms with Crippen LogP contribution in [0.5, 0.6) is 5.75 Å². The van der Waals surface area contributed by atoms with E-state index < -0.39 is 6.03 Å². The van der Waals surface area contributed by atoms with E-state index in [1.807, 2.05) is 24.3 Å². The third kappa shape index (κ3) is 6.91. The number of methoxy groups -OCH3 is 1. The fraction of sp³-hybridized carbons (Fsp3) is 0.500. The average molecular weight is 429 g/mol. The smallest absolute Gasteiger partial charge is 0.333 e. The summed E-state index contributed by atoms with van der Waals surface area (Å²) >= 11 is 0. The van der Waals surface area contributed by atoms with Crippen LogP contribution in [0, 0.1) is 0 Å². The van der Waals surface area contributed by atoms with Crippen LogP contribution in [0.3, 0.4) is 0 Å². The van der Waals surface area contributed by atoms with Gasteiger partial charge in [-0.05, 0) is 44.7 Å². The number of hydrazine groups is 1. The van der Waals surface area contributed by atoms with Gasteiger partial charge < -0.3 is 20.7 Å². The standard InChI is InChI=1S/C22H32N6O3/c1-15(25-19-14-18(31-2)13-16-8-6-11-23-20(16)19)7-5-12-24-21(29)27-28-22(30)26-17-9-3-4-10-17/h6,8,11,13-15,17,25H,3-5,7,9-10,12H2,1-2H3,(H2,24,27,29)(H2,26,28,30). The molecule has 1 aromatic carbocycles. The van der Waals surface area contributed by atoms with Crippen LogP contribution in [-0.2, 0) is 0 Å². The van der Waals surface area contributed by atoms with Gasteiger partial charge in [-0.1, -0.05) is 18.9 Å². The summed E-state index contributed by atoms with van der Waals surface area (Å²) in [5.74, 6) is 0.776. The van der Waals surface area contributed by atoms with Gasteiger partial charge >= 0.3 is 12.1 Å². The van der Waals surface area contributed by atoms with Crippen molar-refractivity contribution in [2.45, 2.75) is 57.5 Å². The van der Waals surface area contributed by atoms with Crippen molar-refractivity contribution in [1.82, 2.24) is 26.5 Å². The Kier molecular flexibility index (Phi) is 8.14. The molecular weight excluding hydrogens is 396 g/mol. The Morgan fingerprint density at radius 3 is 2.74 bits per heavy atom. The third-order valence-electron chi connectivity index (χ3n) is 5.40. The van der Waals surface area contributed by atoms with E-state index in [9.17, 15) is 9.59 Å². The minimum absolute atomic E-state index is 0.178. The van der Waals surface area contributed by atoms with Gasteiger partial charge in [-0.3, -0.25) is 4.98 Å². The number of hydrogen-bond donors (Lipinski definition) is 5. The third-order valence-corrected chi connectivity index (χ3v) is 5.40. The molecule has 3 rings (SSSR count). The monoisotopic (exact) mass is 428 g/mol. The quantitative estimate of drug-likeness (QED) is 0.327. The molecule has 0 bridgehead atoms. The van der Waals surface area contributed by atoms with Crippen LogP contribution >= 0.6 is 0 Å². The van der Waals surface area contributed by atoms with Crippen molar-refractivity contribution in [3.05, 3.63) is 30.5 Å². The molecule has 1 fully saturated rings. The summed E-state index contributed by atoms with van der Waals surface area (Å²) in [5, 5.41) is 10.1. The second kappa shape index (κ2) is 11.2. The summed E-state index contributed by atoms with van der Waals surface area (Å²) in [4.78, 5) is 28.1. The van der Waals surface area contributed by atoms with Crippen LogP contribution in [0.4, 0.5) is 15.3 Å². The lowest BCUT2D eigenvalue weighted by Crippen LogP contribution is -2.52. The zero-order valence-electron chi connectivity index (χ0n) is 18.2. The number of pyridine rings is 1. The van der Waals surface area contributed by atoms with Crippen molar-refractivity contribution >= 4 is 28.7 Å². The minimum Gasteiger partial charge on any atom is -0.497 e. The molecule has 5 N–H and O–H groups in total. The highest BCUT2D eigenvalue weighted by Gasteiger charge is 2.17. The number of ether oxygens (including phenoxy) is 1. The molecule has 31 heavy (non-hydrogen) atoms. The summed E-state index contributed by atoms with van der Waals surface area (Å²) in [5.41, 5.74) is 6.56. The van der Waals surface area contributed by atoms with E-state index in [1.54, 1.807) is 13.3 Å². The molecule has 1 heterocycles. The first-order valence-corrected chi connectivity index (χ1v) is 10.8. The molecule has 1 aliphatic rings. The van der Waals surface area contributed by atoms with E-state index in [0.29, 0.717) is 6.54 Å². The van der Waals surface area contributed by atoms with Gasteiger partial charge in [-0.15, -0.1) is 0 Å². The Balaban J connectivity index is 1.36. The van der Waals surface area contributed by atoms with Crippen LogP contribution < -0.4 is 31.5 Å². The minimum atomic E-state index is -0.426. The van der Waals surface area contributed by atoms with Crippen molar-refractivity contribution < 1.29 is 14.3 Å². The lowest BCUT2D eigenvalue weighted by atomic mass is 10.1. The van der Waals surface area contributed by atoms with E-state index >= 15 is 0 Å². The fourth-order valence-electron chi connectivity index (χ4n) is 3.79. The van der Waals surface area contributed by atoms with Gasteiger partial charge in [0.1, 0.15) is 5.75 Å². The number of carbonyl (C=O) groups is 2. The molecule has 0 saturated heterocycles. The number of nitrogens with zero attached hydrogens (tertiary/aromatic N) is 1. The number of fused-ring (bicyclic) bond motifs is 1. The number of anilines is 1. The summed E-state index contributed by atoms with van der Waals surface area (Å²) in [6, 6.07) is 7.39. The van der Waals surface area contributed by atoms with Crippen LogP contribution in [0.1, 0.15) is 45.4 Å². The maximum absolute atomic E-state index is 11.8. The Morgan fingerprint density at radius 2 is 1.97 bits per heavy atom. The molecule has 1 saturated carbocycles. The molecule has 9 nitrogen and oxygen atoms in total. The molecule has 4 amide bonds. The van der Waals surface area contributed by atoms with Gasteiger partial charge in [0, 0.05) is 36.3 Å². The van der Waals surface area contributed by atoms with Gasteiger partial charge in [0.15, 0.2) is 0 Å². The van der Waals surface area contributed by atoms with E-state index in [2.05, 4.69) is 38.7 Å². The number of urea groups is 2. The lowest BCUT2D eigenvalue weighted by molar-refractivity contribution is 0.222. The second-order valence-corrected chi connectivity index (χ2v) is 7.90. The largest absolute Gasteiger partial charge is 0.497 e. The zero-order chi connectivity index (χ0) is 22.1. The molecule has 1 aliphatic carbocycles. The second-order valence-electron chi connectivity index (χ2n) is 7.90. The molecule has 9 heteroatoms. The summed E-state index contributed by atoms with van der Waals surface area (Å²) in [7, 11) is 1.65. The molecule has 2 aromatic rings. The van der Waals surface area contributed by atoms with Crippen LogP contribution in [0.15, 0.2) is 30.5 Å². The van der Waals surface area contributed by atoms with Crippen LogP contribution in [0.2, 0.25) is 0 Å². The molecule has 0 radical (unpaired) electrons. The maximum Gasteiger partial charge on any atom is 0.333 e. The molecule has 0 spiro atoms. The molecular formula is C22H32N6O3. The highest BCUT2D eigenvalue weighted by molar-refractivity contribution is 5.91. The van der Waals surface area contributed by atoms with Crippen molar-refractivity contribution in [1.29, 1.82) is 0 Å². The van der Waals surface area contributed by atoms with Crippen molar-refractivity contribution in [2.75, 3.05) is 19.0 Å². The maximum atomic E-state index is 11.8. The van der Waals surface area contributed by atoms with E-state index in [-0.39, 0.29) is 18.1 Å². The summed E-state index contributed by atoms with van der Waals surface area (Å²) in [6.45, 7) is 2.59. The van der Waals surface area contributed by atoms with Crippen molar-refractivity contribution in [2.24, 2.45) is 0 Å². The average Bonchev–Trinajstić information content (AvgIpc) is 3.28. The highest BCUT2D eigenvalue weighted by atomic mass is 16.5. The first kappa shape index (κ1) is 22.5. The number of rotatable bonds is 8. The van der Waals surface area contributed by atoms with E-state index in [4.69, 9.17) is 4.74 Å².